The number of hydrogen-bond acceptors (Lipinski definition) is 9. The van der Waals surface area contributed by atoms with Crippen LogP contribution in [-0.4, -0.2) is 90.5 Å². The molecule has 0 aromatic heterocycles. The first-order valence-electron chi connectivity index (χ1n) is 13.1. The number of rotatable bonds is 9. The fraction of sp³-hybridized carbons (Fsp3) is 0.773. The highest BCUT2D eigenvalue weighted by molar-refractivity contribution is 6.43. The quantitative estimate of drug-likeness (QED) is 0.0585. The van der Waals surface area contributed by atoms with E-state index >= 15 is 0 Å². The summed E-state index contributed by atoms with van der Waals surface area (Å²) in [4.78, 5) is 55.0. The van der Waals surface area contributed by atoms with Crippen LogP contribution in [0.4, 0.5) is 0 Å². The molecule has 4 amide bonds. The van der Waals surface area contributed by atoms with Crippen molar-refractivity contribution in [1.82, 2.24) is 21.3 Å². The topological polar surface area (TPSA) is 273 Å². The Hall–Kier alpha value is -2.95. The van der Waals surface area contributed by atoms with Gasteiger partial charge >= 0.3 is 7.12 Å². The van der Waals surface area contributed by atoms with Gasteiger partial charge in [0.2, 0.25) is 23.6 Å². The fourth-order valence-corrected chi connectivity index (χ4v) is 3.89. The molecular formula is C22H44BN9O6. The van der Waals surface area contributed by atoms with Crippen molar-refractivity contribution in [3.8, 4) is 0 Å². The first kappa shape index (κ1) is 33.1. The van der Waals surface area contributed by atoms with Crippen molar-refractivity contribution in [2.45, 2.75) is 88.3 Å². The van der Waals surface area contributed by atoms with Crippen LogP contribution in [-0.2, 0) is 19.2 Å². The SMILES string of the molecule is NCCCC[C@@H]1NC(=O)C(N)CCC(=O)NCCCC[C@@H](B(O)O)NC(=O)[C@H](CCCN=C(N)N)NC1=O. The zero-order valence-electron chi connectivity index (χ0n) is 21.9. The van der Waals surface area contributed by atoms with Crippen molar-refractivity contribution in [1.29, 1.82) is 0 Å². The van der Waals surface area contributed by atoms with Gasteiger partial charge in [-0.05, 0) is 57.9 Å². The summed E-state index contributed by atoms with van der Waals surface area (Å²) in [7, 11) is -1.83. The van der Waals surface area contributed by atoms with E-state index in [2.05, 4.69) is 26.3 Å². The van der Waals surface area contributed by atoms with Crippen molar-refractivity contribution < 1.29 is 29.2 Å². The molecule has 1 aliphatic rings. The molecule has 0 spiro atoms. The molecule has 216 valence electrons. The Morgan fingerprint density at radius 2 is 1.53 bits per heavy atom. The van der Waals surface area contributed by atoms with Crippen LogP contribution in [0.2, 0.25) is 0 Å². The molecule has 0 aromatic rings. The molecule has 0 bridgehead atoms. The average molecular weight is 541 g/mol. The van der Waals surface area contributed by atoms with E-state index in [1.807, 2.05) is 0 Å². The summed E-state index contributed by atoms with van der Waals surface area (Å²) in [5.74, 6) is -3.20. The largest absolute Gasteiger partial charge is 0.475 e. The second kappa shape index (κ2) is 18.3. The standard InChI is InChI=1S/C22H44BN9O6/c24-11-3-1-6-15-20(35)31-16(7-5-13-29-22(26)27)21(36)32-17(23(37)38)8-2-4-12-28-18(33)10-9-14(25)19(34)30-15/h14-17,37-38H,1-13,24-25H2,(H,28,33)(H,30,34)(H,31,35)(H,32,36)(H4,26,27,29)/t14?,15-,16-,17-/m0/s1. The van der Waals surface area contributed by atoms with E-state index in [4.69, 9.17) is 22.9 Å². The highest BCUT2D eigenvalue weighted by atomic mass is 16.4. The monoisotopic (exact) mass is 541 g/mol. The predicted molar refractivity (Wildman–Crippen MR) is 143 cm³/mol. The molecule has 1 unspecified atom stereocenters. The lowest BCUT2D eigenvalue weighted by molar-refractivity contribution is -0.133. The maximum absolute atomic E-state index is 13.2. The molecular weight excluding hydrogens is 497 g/mol. The third-order valence-corrected chi connectivity index (χ3v) is 6.13. The summed E-state index contributed by atoms with van der Waals surface area (Å²) in [5, 5.41) is 30.2. The van der Waals surface area contributed by atoms with Gasteiger partial charge in [0.1, 0.15) is 12.1 Å². The van der Waals surface area contributed by atoms with Crippen LogP contribution >= 0.6 is 0 Å². The molecule has 1 aliphatic heterocycles. The van der Waals surface area contributed by atoms with E-state index in [9.17, 15) is 29.2 Å². The van der Waals surface area contributed by atoms with Gasteiger partial charge in [0.25, 0.3) is 0 Å². The summed E-state index contributed by atoms with van der Waals surface area (Å²) in [6, 6.07) is -3.06. The average Bonchev–Trinajstić information content (AvgIpc) is 2.86. The first-order chi connectivity index (χ1) is 18.0. The minimum absolute atomic E-state index is 0.0323. The number of hydrogen-bond donors (Lipinski definition) is 10. The van der Waals surface area contributed by atoms with Gasteiger partial charge < -0.3 is 54.2 Å². The Bertz CT molecular complexity index is 797. The van der Waals surface area contributed by atoms with E-state index in [-0.39, 0.29) is 50.5 Å². The summed E-state index contributed by atoms with van der Waals surface area (Å²) in [6.45, 7) is 0.956. The Morgan fingerprint density at radius 3 is 2.16 bits per heavy atom. The molecule has 1 fully saturated rings. The van der Waals surface area contributed by atoms with E-state index in [0.29, 0.717) is 45.2 Å². The highest BCUT2D eigenvalue weighted by Crippen LogP contribution is 2.08. The van der Waals surface area contributed by atoms with Crippen molar-refractivity contribution >= 4 is 36.7 Å². The zero-order valence-corrected chi connectivity index (χ0v) is 21.9. The third kappa shape index (κ3) is 13.6. The molecule has 0 aliphatic carbocycles. The van der Waals surface area contributed by atoms with E-state index in [0.717, 1.165) is 0 Å². The first-order valence-corrected chi connectivity index (χ1v) is 13.1. The van der Waals surface area contributed by atoms with Crippen molar-refractivity contribution in [2.75, 3.05) is 19.6 Å². The number of carbonyl (C=O) groups is 4. The van der Waals surface area contributed by atoms with Crippen LogP contribution in [0, 0.1) is 0 Å². The van der Waals surface area contributed by atoms with Gasteiger partial charge in [0, 0.05) is 19.5 Å². The Labute approximate surface area is 223 Å². The molecule has 38 heavy (non-hydrogen) atoms. The summed E-state index contributed by atoms with van der Waals surface area (Å²) in [6.07, 6.45) is 3.26. The lowest BCUT2D eigenvalue weighted by atomic mass is 9.76. The molecule has 16 heteroatoms. The van der Waals surface area contributed by atoms with E-state index in [1.165, 1.54) is 0 Å². The van der Waals surface area contributed by atoms with Gasteiger partial charge in [-0.3, -0.25) is 24.2 Å². The molecule has 0 radical (unpaired) electrons. The molecule has 1 heterocycles. The molecule has 4 atom stereocenters. The number of amides is 4. The van der Waals surface area contributed by atoms with Crippen molar-refractivity contribution in [2.24, 2.45) is 27.9 Å². The van der Waals surface area contributed by atoms with Crippen LogP contribution in [0.5, 0.6) is 0 Å². The lowest BCUT2D eigenvalue weighted by Crippen LogP contribution is -2.58. The maximum atomic E-state index is 13.2. The Kier molecular flexibility index (Phi) is 16.0. The highest BCUT2D eigenvalue weighted by Gasteiger charge is 2.31. The van der Waals surface area contributed by atoms with Gasteiger partial charge in [-0.25, -0.2) is 0 Å². The summed E-state index contributed by atoms with van der Waals surface area (Å²) in [5.41, 5.74) is 22.2. The molecule has 1 rings (SSSR count). The van der Waals surface area contributed by atoms with Crippen LogP contribution in [0.25, 0.3) is 0 Å². The smallest absolute Gasteiger partial charge is 0.426 e. The van der Waals surface area contributed by atoms with E-state index in [1.54, 1.807) is 0 Å². The lowest BCUT2D eigenvalue weighted by Gasteiger charge is -2.26. The second-order valence-corrected chi connectivity index (χ2v) is 9.38. The molecule has 1 saturated heterocycles. The Morgan fingerprint density at radius 1 is 0.895 bits per heavy atom. The number of aliphatic imine (C=N–C) groups is 1. The van der Waals surface area contributed by atoms with Gasteiger partial charge in [-0.1, -0.05) is 6.42 Å². The normalized spacial score (nSPS) is 24.6. The third-order valence-electron chi connectivity index (χ3n) is 6.13. The number of carbonyl (C=O) groups excluding carboxylic acids is 4. The molecule has 0 aromatic carbocycles. The van der Waals surface area contributed by atoms with Crippen LogP contribution in [0.15, 0.2) is 4.99 Å². The number of nitrogens with zero attached hydrogens (tertiary/aromatic N) is 1. The number of unbranched alkanes of at least 4 members (excludes halogenated alkanes) is 1. The minimum Gasteiger partial charge on any atom is -0.426 e. The van der Waals surface area contributed by atoms with E-state index < -0.39 is 48.9 Å². The maximum Gasteiger partial charge on any atom is 0.475 e. The Balaban J connectivity index is 3.15. The minimum atomic E-state index is -1.83. The van der Waals surface area contributed by atoms with Gasteiger partial charge in [0.15, 0.2) is 5.96 Å². The van der Waals surface area contributed by atoms with Crippen molar-refractivity contribution in [3.05, 3.63) is 0 Å². The van der Waals surface area contributed by atoms with Gasteiger partial charge in [0.05, 0.1) is 12.0 Å². The fourth-order valence-electron chi connectivity index (χ4n) is 3.89. The van der Waals surface area contributed by atoms with Gasteiger partial charge in [-0.15, -0.1) is 0 Å². The zero-order chi connectivity index (χ0) is 28.5. The second-order valence-electron chi connectivity index (χ2n) is 9.38. The van der Waals surface area contributed by atoms with Crippen molar-refractivity contribution in [3.63, 3.8) is 0 Å². The summed E-state index contributed by atoms with van der Waals surface area (Å²) < 4.78 is 0. The van der Waals surface area contributed by atoms with Crippen LogP contribution in [0.3, 0.4) is 0 Å². The molecule has 14 N–H and O–H groups in total. The molecule has 15 nitrogen and oxygen atoms in total. The van der Waals surface area contributed by atoms with Gasteiger partial charge in [-0.2, -0.15) is 0 Å². The van der Waals surface area contributed by atoms with Crippen LogP contribution in [0.1, 0.15) is 64.2 Å². The summed E-state index contributed by atoms with van der Waals surface area (Å²) >= 11 is 0. The number of guanidine groups is 1. The number of nitrogens with one attached hydrogen (secondary N) is 4. The molecule has 0 saturated carbocycles. The predicted octanol–water partition coefficient (Wildman–Crippen LogP) is -3.96. The number of nitrogens with two attached hydrogens (primary N) is 4. The van der Waals surface area contributed by atoms with Crippen LogP contribution < -0.4 is 44.2 Å².